The lowest BCUT2D eigenvalue weighted by molar-refractivity contribution is 0.296. The van der Waals surface area contributed by atoms with Crippen molar-refractivity contribution in [2.24, 2.45) is 0 Å². The van der Waals surface area contributed by atoms with Crippen molar-refractivity contribution in [3.8, 4) is 0 Å². The topological polar surface area (TPSA) is 4.93 Å². The van der Waals surface area contributed by atoms with Crippen LogP contribution in [0.4, 0.5) is 0 Å². The Bertz CT molecular complexity index is 684. The highest BCUT2D eigenvalue weighted by Crippen LogP contribution is 2.37. The van der Waals surface area contributed by atoms with E-state index < -0.39 is 0 Å². The van der Waals surface area contributed by atoms with Crippen molar-refractivity contribution in [3.05, 3.63) is 48.5 Å². The normalized spacial score (nSPS) is 14.8. The fourth-order valence-corrected chi connectivity index (χ4v) is 3.49. The molecule has 20 heavy (non-hydrogen) atoms. The maximum Gasteiger partial charge on any atom is 0.0496 e. The number of nitrogens with zero attached hydrogens (tertiary/aromatic N) is 1. The van der Waals surface area contributed by atoms with Crippen molar-refractivity contribution < 1.29 is 0 Å². The molecule has 1 heterocycles. The van der Waals surface area contributed by atoms with E-state index in [0.717, 1.165) is 6.42 Å². The molecule has 0 N–H and O–H groups in total. The van der Waals surface area contributed by atoms with Crippen molar-refractivity contribution >= 4 is 21.8 Å². The van der Waals surface area contributed by atoms with Gasteiger partial charge in [0.25, 0.3) is 0 Å². The Morgan fingerprint density at radius 3 is 1.80 bits per heavy atom. The van der Waals surface area contributed by atoms with Crippen molar-refractivity contribution in [3.63, 3.8) is 0 Å². The van der Waals surface area contributed by atoms with Crippen molar-refractivity contribution in [2.45, 2.75) is 45.6 Å². The molecule has 0 saturated heterocycles. The predicted octanol–water partition coefficient (Wildman–Crippen LogP) is 5.72. The smallest absolute Gasteiger partial charge is 0.0496 e. The number of hydrogen-bond acceptors (Lipinski definition) is 0. The summed E-state index contributed by atoms with van der Waals surface area (Å²) in [5, 5.41) is 2.75. The Balaban J connectivity index is 2.42. The third kappa shape index (κ3) is 1.84. The molecule has 0 fully saturated rings. The maximum atomic E-state index is 2.57. The Hall–Kier alpha value is -1.76. The zero-order chi connectivity index (χ0) is 14.2. The Kier molecular flexibility index (Phi) is 3.29. The highest BCUT2D eigenvalue weighted by atomic mass is 15.1. The monoisotopic (exact) mass is 265 g/mol. The zero-order valence-corrected chi connectivity index (χ0v) is 12.7. The molecule has 0 aliphatic heterocycles. The van der Waals surface area contributed by atoms with E-state index >= 15 is 0 Å². The van der Waals surface area contributed by atoms with Crippen LogP contribution in [0.25, 0.3) is 21.8 Å². The summed E-state index contributed by atoms with van der Waals surface area (Å²) >= 11 is 0. The van der Waals surface area contributed by atoms with E-state index in [2.05, 4.69) is 73.9 Å². The first-order valence-electron chi connectivity index (χ1n) is 7.70. The number of aromatic nitrogens is 1. The van der Waals surface area contributed by atoms with Crippen LogP contribution in [-0.2, 0) is 5.54 Å². The standard InChI is InChI=1S/C19H23N/c1-4-14-19(3,5-2)20-17-12-8-6-10-15(17)16-11-7-9-13-18(16)20/h6-13H,4-5,14H2,1-3H3. The van der Waals surface area contributed by atoms with Gasteiger partial charge in [-0.2, -0.15) is 0 Å². The molecule has 1 heteroatoms. The van der Waals surface area contributed by atoms with Crippen LogP contribution in [0, 0.1) is 0 Å². The zero-order valence-electron chi connectivity index (χ0n) is 12.7. The minimum Gasteiger partial charge on any atom is -0.335 e. The van der Waals surface area contributed by atoms with Gasteiger partial charge in [0.1, 0.15) is 0 Å². The van der Waals surface area contributed by atoms with Gasteiger partial charge in [0.2, 0.25) is 0 Å². The minimum absolute atomic E-state index is 0.192. The van der Waals surface area contributed by atoms with Crippen LogP contribution in [0.15, 0.2) is 48.5 Å². The average Bonchev–Trinajstić information content (AvgIpc) is 2.82. The molecule has 2 aromatic carbocycles. The van der Waals surface area contributed by atoms with Gasteiger partial charge in [-0.25, -0.2) is 0 Å². The van der Waals surface area contributed by atoms with Crippen LogP contribution in [0.3, 0.4) is 0 Å². The molecule has 0 amide bonds. The molecular weight excluding hydrogens is 242 g/mol. The summed E-state index contributed by atoms with van der Waals surface area (Å²) in [5.74, 6) is 0. The lowest BCUT2D eigenvalue weighted by atomic mass is 9.92. The third-order valence-corrected chi connectivity index (χ3v) is 4.67. The lowest BCUT2D eigenvalue weighted by Crippen LogP contribution is -2.28. The van der Waals surface area contributed by atoms with Gasteiger partial charge in [0, 0.05) is 27.3 Å². The molecule has 3 rings (SSSR count). The van der Waals surface area contributed by atoms with Gasteiger partial charge in [-0.1, -0.05) is 56.7 Å². The Morgan fingerprint density at radius 1 is 0.850 bits per heavy atom. The highest BCUT2D eigenvalue weighted by Gasteiger charge is 2.26. The summed E-state index contributed by atoms with van der Waals surface area (Å²) in [7, 11) is 0. The molecule has 1 aromatic heterocycles. The second-order valence-electron chi connectivity index (χ2n) is 5.97. The second-order valence-corrected chi connectivity index (χ2v) is 5.97. The van der Waals surface area contributed by atoms with E-state index in [1.165, 1.54) is 34.6 Å². The Labute approximate surface area is 121 Å². The summed E-state index contributed by atoms with van der Waals surface area (Å²) in [5.41, 5.74) is 2.93. The SMILES string of the molecule is CCCC(C)(CC)n1c2ccccc2c2ccccc21. The van der Waals surface area contributed by atoms with Crippen LogP contribution >= 0.6 is 0 Å². The van der Waals surface area contributed by atoms with Crippen molar-refractivity contribution in [1.29, 1.82) is 0 Å². The molecule has 3 aromatic rings. The van der Waals surface area contributed by atoms with E-state index in [1.807, 2.05) is 0 Å². The molecule has 0 aliphatic carbocycles. The van der Waals surface area contributed by atoms with Crippen LogP contribution in [-0.4, -0.2) is 4.57 Å². The molecule has 1 unspecified atom stereocenters. The quantitative estimate of drug-likeness (QED) is 0.568. The van der Waals surface area contributed by atoms with E-state index in [-0.39, 0.29) is 5.54 Å². The number of benzene rings is 2. The van der Waals surface area contributed by atoms with Crippen LogP contribution in [0.2, 0.25) is 0 Å². The van der Waals surface area contributed by atoms with Gasteiger partial charge in [-0.15, -0.1) is 0 Å². The number of para-hydroxylation sites is 2. The third-order valence-electron chi connectivity index (χ3n) is 4.67. The van der Waals surface area contributed by atoms with Gasteiger partial charge in [-0.05, 0) is 31.9 Å². The first-order chi connectivity index (χ1) is 9.71. The maximum absolute atomic E-state index is 2.57. The molecule has 0 radical (unpaired) electrons. The second kappa shape index (κ2) is 4.97. The van der Waals surface area contributed by atoms with E-state index in [1.54, 1.807) is 0 Å². The summed E-state index contributed by atoms with van der Waals surface area (Å²) in [6, 6.07) is 17.6. The summed E-state index contributed by atoms with van der Waals surface area (Å²) in [6.07, 6.45) is 3.58. The van der Waals surface area contributed by atoms with E-state index in [9.17, 15) is 0 Å². The van der Waals surface area contributed by atoms with Crippen molar-refractivity contribution in [2.75, 3.05) is 0 Å². The number of hydrogen-bond donors (Lipinski definition) is 0. The molecule has 0 spiro atoms. The van der Waals surface area contributed by atoms with Gasteiger partial charge in [0.05, 0.1) is 0 Å². The summed E-state index contributed by atoms with van der Waals surface area (Å²) in [4.78, 5) is 0. The van der Waals surface area contributed by atoms with Crippen LogP contribution < -0.4 is 0 Å². The molecule has 104 valence electrons. The van der Waals surface area contributed by atoms with Crippen LogP contribution in [0.1, 0.15) is 40.0 Å². The van der Waals surface area contributed by atoms with Gasteiger partial charge in [-0.3, -0.25) is 0 Å². The number of fused-ring (bicyclic) bond motifs is 3. The van der Waals surface area contributed by atoms with E-state index in [0.29, 0.717) is 0 Å². The van der Waals surface area contributed by atoms with Gasteiger partial charge >= 0.3 is 0 Å². The van der Waals surface area contributed by atoms with Gasteiger partial charge < -0.3 is 4.57 Å². The number of rotatable bonds is 4. The molecule has 1 atom stereocenters. The first-order valence-corrected chi connectivity index (χ1v) is 7.70. The van der Waals surface area contributed by atoms with E-state index in [4.69, 9.17) is 0 Å². The predicted molar refractivity (Wildman–Crippen MR) is 88.3 cm³/mol. The fourth-order valence-electron chi connectivity index (χ4n) is 3.49. The highest BCUT2D eigenvalue weighted by molar-refractivity contribution is 6.08. The minimum atomic E-state index is 0.192. The lowest BCUT2D eigenvalue weighted by Gasteiger charge is -2.32. The fraction of sp³-hybridized carbons (Fsp3) is 0.368. The molecule has 0 aliphatic rings. The molecule has 1 nitrogen and oxygen atoms in total. The van der Waals surface area contributed by atoms with Crippen molar-refractivity contribution in [1.82, 2.24) is 4.57 Å². The molecule has 0 saturated carbocycles. The first kappa shape index (κ1) is 13.2. The largest absolute Gasteiger partial charge is 0.335 e. The molecular formula is C19H23N. The molecule has 0 bridgehead atoms. The summed E-state index contributed by atoms with van der Waals surface area (Å²) < 4.78 is 2.57. The van der Waals surface area contributed by atoms with Crippen LogP contribution in [0.5, 0.6) is 0 Å². The Morgan fingerprint density at radius 2 is 1.35 bits per heavy atom. The summed E-state index contributed by atoms with van der Waals surface area (Å²) in [6.45, 7) is 6.98. The van der Waals surface area contributed by atoms with Gasteiger partial charge in [0.15, 0.2) is 0 Å². The average molecular weight is 265 g/mol.